The Morgan fingerprint density at radius 1 is 0.917 bits per heavy atom. The smallest absolute Gasteiger partial charge is 0.253 e. The Balaban J connectivity index is 1.64. The molecule has 1 saturated heterocycles. The summed E-state index contributed by atoms with van der Waals surface area (Å²) in [5, 5.41) is 3.01. The number of anilines is 1. The van der Waals surface area contributed by atoms with Crippen LogP contribution < -0.4 is 5.32 Å². The lowest BCUT2D eigenvalue weighted by Crippen LogP contribution is -2.32. The van der Waals surface area contributed by atoms with E-state index in [0.29, 0.717) is 5.56 Å². The Labute approximate surface area is 144 Å². The van der Waals surface area contributed by atoms with E-state index < -0.39 is 0 Å². The normalized spacial score (nSPS) is 19.6. The van der Waals surface area contributed by atoms with Gasteiger partial charge in [0.15, 0.2) is 0 Å². The molecule has 130 valence electrons. The summed E-state index contributed by atoms with van der Waals surface area (Å²) in [5.74, 6) is 0.323. The third-order valence-electron chi connectivity index (χ3n) is 5.25. The standard InChI is InChI=1S/C20H28N2O2/c23-19(16-9-4-3-5-10-16)21-18-12-8-11-17(15-18)20(24)22-13-6-1-2-7-14-22/h8,11-12,15-16H,1-7,9-10,13-14H2,(H,21,23). The maximum atomic E-state index is 12.7. The molecule has 1 aromatic rings. The predicted octanol–water partition coefficient (Wildman–Crippen LogP) is 4.22. The van der Waals surface area contributed by atoms with E-state index in [1.807, 2.05) is 29.2 Å². The van der Waals surface area contributed by atoms with Crippen molar-refractivity contribution in [1.29, 1.82) is 0 Å². The molecule has 1 heterocycles. The lowest BCUT2D eigenvalue weighted by Gasteiger charge is -2.22. The van der Waals surface area contributed by atoms with Gasteiger partial charge < -0.3 is 10.2 Å². The van der Waals surface area contributed by atoms with Crippen molar-refractivity contribution in [1.82, 2.24) is 4.90 Å². The Bertz CT molecular complexity index is 571. The van der Waals surface area contributed by atoms with E-state index in [1.54, 1.807) is 0 Å². The minimum atomic E-state index is 0.0886. The number of amides is 2. The molecule has 4 nitrogen and oxygen atoms in total. The van der Waals surface area contributed by atoms with Crippen LogP contribution in [-0.2, 0) is 4.79 Å². The highest BCUT2D eigenvalue weighted by Gasteiger charge is 2.22. The van der Waals surface area contributed by atoms with Gasteiger partial charge in [0, 0.05) is 30.3 Å². The quantitative estimate of drug-likeness (QED) is 0.903. The molecule has 1 aromatic carbocycles. The first-order valence-corrected chi connectivity index (χ1v) is 9.44. The van der Waals surface area contributed by atoms with E-state index in [9.17, 15) is 9.59 Å². The van der Waals surface area contributed by atoms with Gasteiger partial charge in [-0.2, -0.15) is 0 Å². The van der Waals surface area contributed by atoms with E-state index in [4.69, 9.17) is 0 Å². The van der Waals surface area contributed by atoms with Gasteiger partial charge in [0.2, 0.25) is 5.91 Å². The van der Waals surface area contributed by atoms with Gasteiger partial charge in [-0.1, -0.05) is 38.2 Å². The van der Waals surface area contributed by atoms with E-state index in [1.165, 1.54) is 19.3 Å². The second-order valence-electron chi connectivity index (χ2n) is 7.11. The summed E-state index contributed by atoms with van der Waals surface area (Å²) >= 11 is 0. The molecule has 1 aliphatic carbocycles. The van der Waals surface area contributed by atoms with Crippen LogP contribution in [0.5, 0.6) is 0 Å². The lowest BCUT2D eigenvalue weighted by molar-refractivity contribution is -0.120. The highest BCUT2D eigenvalue weighted by molar-refractivity contribution is 5.97. The Hall–Kier alpha value is -1.84. The number of carbonyl (C=O) groups is 2. The Morgan fingerprint density at radius 3 is 2.29 bits per heavy atom. The van der Waals surface area contributed by atoms with E-state index in [2.05, 4.69) is 5.32 Å². The molecule has 2 aliphatic rings. The summed E-state index contributed by atoms with van der Waals surface area (Å²) in [6.45, 7) is 1.69. The maximum Gasteiger partial charge on any atom is 0.253 e. The van der Waals surface area contributed by atoms with Crippen LogP contribution in [0.25, 0.3) is 0 Å². The fourth-order valence-electron chi connectivity index (χ4n) is 3.80. The van der Waals surface area contributed by atoms with Crippen molar-refractivity contribution in [3.63, 3.8) is 0 Å². The van der Waals surface area contributed by atoms with Crippen LogP contribution in [0, 0.1) is 5.92 Å². The summed E-state index contributed by atoms with van der Waals surface area (Å²) in [6, 6.07) is 7.42. The number of benzene rings is 1. The van der Waals surface area contributed by atoms with Crippen LogP contribution in [0.1, 0.15) is 68.1 Å². The van der Waals surface area contributed by atoms with Gasteiger partial charge >= 0.3 is 0 Å². The molecule has 0 bridgehead atoms. The van der Waals surface area contributed by atoms with Gasteiger partial charge in [-0.25, -0.2) is 0 Å². The predicted molar refractivity (Wildman–Crippen MR) is 96.0 cm³/mol. The average molecular weight is 328 g/mol. The molecule has 1 aliphatic heterocycles. The summed E-state index contributed by atoms with van der Waals surface area (Å²) in [4.78, 5) is 27.0. The molecule has 24 heavy (non-hydrogen) atoms. The molecular weight excluding hydrogens is 300 g/mol. The van der Waals surface area contributed by atoms with Gasteiger partial charge in [0.1, 0.15) is 0 Å². The first-order chi connectivity index (χ1) is 11.7. The topological polar surface area (TPSA) is 49.4 Å². The molecule has 1 saturated carbocycles. The van der Waals surface area contributed by atoms with Crippen LogP contribution in [0.15, 0.2) is 24.3 Å². The van der Waals surface area contributed by atoms with E-state index in [-0.39, 0.29) is 17.7 Å². The summed E-state index contributed by atoms with van der Waals surface area (Å²) in [7, 11) is 0. The minimum absolute atomic E-state index is 0.0886. The van der Waals surface area contributed by atoms with Crippen molar-refractivity contribution in [2.45, 2.75) is 57.8 Å². The van der Waals surface area contributed by atoms with E-state index in [0.717, 1.165) is 57.3 Å². The number of nitrogens with zero attached hydrogens (tertiary/aromatic N) is 1. The van der Waals surface area contributed by atoms with Crippen molar-refractivity contribution in [3.8, 4) is 0 Å². The number of nitrogens with one attached hydrogen (secondary N) is 1. The molecule has 0 spiro atoms. The van der Waals surface area contributed by atoms with Gasteiger partial charge in [0.25, 0.3) is 5.91 Å². The first-order valence-electron chi connectivity index (χ1n) is 9.44. The van der Waals surface area contributed by atoms with Crippen LogP contribution in [-0.4, -0.2) is 29.8 Å². The van der Waals surface area contributed by atoms with Crippen LogP contribution in [0.3, 0.4) is 0 Å². The van der Waals surface area contributed by atoms with Crippen LogP contribution in [0.4, 0.5) is 5.69 Å². The molecule has 3 rings (SSSR count). The maximum absolute atomic E-state index is 12.7. The molecule has 1 N–H and O–H groups in total. The molecule has 2 fully saturated rings. The third kappa shape index (κ3) is 4.37. The second-order valence-corrected chi connectivity index (χ2v) is 7.11. The zero-order chi connectivity index (χ0) is 16.8. The third-order valence-corrected chi connectivity index (χ3v) is 5.25. The molecule has 4 heteroatoms. The fraction of sp³-hybridized carbons (Fsp3) is 0.600. The van der Waals surface area contributed by atoms with Gasteiger partial charge in [-0.05, 0) is 43.9 Å². The van der Waals surface area contributed by atoms with Gasteiger partial charge in [-0.15, -0.1) is 0 Å². The monoisotopic (exact) mass is 328 g/mol. The molecule has 2 amide bonds. The summed E-state index contributed by atoms with van der Waals surface area (Å²) in [5.41, 5.74) is 1.42. The van der Waals surface area contributed by atoms with Gasteiger partial charge in [0.05, 0.1) is 0 Å². The van der Waals surface area contributed by atoms with Crippen molar-refractivity contribution in [2.24, 2.45) is 5.92 Å². The molecular formula is C20H28N2O2. The zero-order valence-electron chi connectivity index (χ0n) is 14.4. The largest absolute Gasteiger partial charge is 0.339 e. The number of hydrogen-bond acceptors (Lipinski definition) is 2. The number of likely N-dealkylation sites (tertiary alicyclic amines) is 1. The lowest BCUT2D eigenvalue weighted by atomic mass is 9.88. The van der Waals surface area contributed by atoms with Crippen molar-refractivity contribution in [3.05, 3.63) is 29.8 Å². The highest BCUT2D eigenvalue weighted by atomic mass is 16.2. The molecule has 0 aromatic heterocycles. The summed E-state index contributed by atoms with van der Waals surface area (Å²) in [6.07, 6.45) is 10.1. The van der Waals surface area contributed by atoms with Crippen LogP contribution in [0.2, 0.25) is 0 Å². The van der Waals surface area contributed by atoms with Crippen LogP contribution >= 0.6 is 0 Å². The number of hydrogen-bond donors (Lipinski definition) is 1. The van der Waals surface area contributed by atoms with Crippen molar-refractivity contribution < 1.29 is 9.59 Å². The number of carbonyl (C=O) groups excluding carboxylic acids is 2. The van der Waals surface area contributed by atoms with E-state index >= 15 is 0 Å². The van der Waals surface area contributed by atoms with Gasteiger partial charge in [-0.3, -0.25) is 9.59 Å². The molecule has 0 radical (unpaired) electrons. The highest BCUT2D eigenvalue weighted by Crippen LogP contribution is 2.25. The van der Waals surface area contributed by atoms with Crippen molar-refractivity contribution in [2.75, 3.05) is 18.4 Å². The minimum Gasteiger partial charge on any atom is -0.339 e. The second kappa shape index (κ2) is 8.32. The Kier molecular flexibility index (Phi) is 5.89. The summed E-state index contributed by atoms with van der Waals surface area (Å²) < 4.78 is 0. The Morgan fingerprint density at radius 2 is 1.58 bits per heavy atom. The zero-order valence-corrected chi connectivity index (χ0v) is 14.4. The SMILES string of the molecule is O=C(Nc1cccc(C(=O)N2CCCCCC2)c1)C1CCCCC1. The fourth-order valence-corrected chi connectivity index (χ4v) is 3.80. The first kappa shape index (κ1) is 17.0. The number of rotatable bonds is 3. The average Bonchev–Trinajstić information content (AvgIpc) is 2.91. The van der Waals surface area contributed by atoms with Crippen molar-refractivity contribution >= 4 is 17.5 Å². The molecule has 0 unspecified atom stereocenters. The molecule has 0 atom stereocenters.